The lowest BCUT2D eigenvalue weighted by atomic mass is 10.1. The number of carboxylic acids is 1. The van der Waals surface area contributed by atoms with Gasteiger partial charge in [0, 0.05) is 32.5 Å². The molecule has 5 heteroatoms. The van der Waals surface area contributed by atoms with Gasteiger partial charge in [0.15, 0.2) is 0 Å². The summed E-state index contributed by atoms with van der Waals surface area (Å²) in [4.78, 5) is 23.4. The molecule has 0 aliphatic heterocycles. The van der Waals surface area contributed by atoms with E-state index in [4.69, 9.17) is 10.8 Å². The van der Waals surface area contributed by atoms with E-state index in [1.807, 2.05) is 6.92 Å². The second-order valence-corrected chi connectivity index (χ2v) is 4.18. The zero-order valence-electron chi connectivity index (χ0n) is 10.1. The first kappa shape index (κ1) is 14.9. The number of nitrogens with two attached hydrogens (primary N) is 1. The molecule has 0 aliphatic rings. The number of rotatable bonds is 8. The van der Waals surface area contributed by atoms with Crippen molar-refractivity contribution in [3.05, 3.63) is 0 Å². The Labute approximate surface area is 96.6 Å². The third-order valence-electron chi connectivity index (χ3n) is 2.36. The summed E-state index contributed by atoms with van der Waals surface area (Å²) >= 11 is 0. The Bertz CT molecular complexity index is 229. The molecule has 0 saturated heterocycles. The highest BCUT2D eigenvalue weighted by molar-refractivity contribution is 5.75. The molecule has 0 aliphatic carbocycles. The first-order valence-electron chi connectivity index (χ1n) is 5.64. The monoisotopic (exact) mass is 230 g/mol. The molecule has 94 valence electrons. The Morgan fingerprint density at radius 3 is 2.44 bits per heavy atom. The van der Waals surface area contributed by atoms with E-state index in [-0.39, 0.29) is 18.4 Å². The SMILES string of the molecule is CC(N)CCCC(=O)N(C)CCCC(=O)O. The van der Waals surface area contributed by atoms with Gasteiger partial charge in [-0.2, -0.15) is 0 Å². The van der Waals surface area contributed by atoms with Crippen molar-refractivity contribution in [2.24, 2.45) is 5.73 Å². The Kier molecular flexibility index (Phi) is 7.54. The normalized spacial score (nSPS) is 12.2. The quantitative estimate of drug-likeness (QED) is 0.647. The van der Waals surface area contributed by atoms with Gasteiger partial charge in [-0.3, -0.25) is 9.59 Å². The van der Waals surface area contributed by atoms with Gasteiger partial charge in [0.1, 0.15) is 0 Å². The second-order valence-electron chi connectivity index (χ2n) is 4.18. The van der Waals surface area contributed by atoms with Gasteiger partial charge in [0.25, 0.3) is 0 Å². The standard InChI is InChI=1S/C11H22N2O3/c1-9(12)5-3-6-10(14)13(2)8-4-7-11(15)16/h9H,3-8,12H2,1-2H3,(H,15,16). The number of nitrogens with zero attached hydrogens (tertiary/aromatic N) is 1. The van der Waals surface area contributed by atoms with Gasteiger partial charge in [0.2, 0.25) is 5.91 Å². The molecule has 0 aromatic carbocycles. The first-order chi connectivity index (χ1) is 7.43. The van der Waals surface area contributed by atoms with Gasteiger partial charge in [-0.1, -0.05) is 0 Å². The van der Waals surface area contributed by atoms with E-state index in [0.29, 0.717) is 19.4 Å². The summed E-state index contributed by atoms with van der Waals surface area (Å²) in [6.45, 7) is 2.42. The van der Waals surface area contributed by atoms with E-state index < -0.39 is 5.97 Å². The first-order valence-corrected chi connectivity index (χ1v) is 5.64. The molecule has 0 bridgehead atoms. The molecule has 1 unspecified atom stereocenters. The summed E-state index contributed by atoms with van der Waals surface area (Å²) in [6, 6.07) is 0.130. The fourth-order valence-electron chi connectivity index (χ4n) is 1.36. The largest absolute Gasteiger partial charge is 0.481 e. The number of amides is 1. The van der Waals surface area contributed by atoms with Crippen LogP contribution in [0.3, 0.4) is 0 Å². The number of aliphatic carboxylic acids is 1. The van der Waals surface area contributed by atoms with E-state index in [2.05, 4.69) is 0 Å². The zero-order chi connectivity index (χ0) is 12.6. The average Bonchev–Trinajstić information content (AvgIpc) is 2.16. The van der Waals surface area contributed by atoms with Crippen LogP contribution in [0.5, 0.6) is 0 Å². The molecule has 3 N–H and O–H groups in total. The van der Waals surface area contributed by atoms with Crippen molar-refractivity contribution >= 4 is 11.9 Å². The smallest absolute Gasteiger partial charge is 0.303 e. The molecule has 1 amide bonds. The maximum atomic E-state index is 11.5. The lowest BCUT2D eigenvalue weighted by molar-refractivity contribution is -0.138. The van der Waals surface area contributed by atoms with Crippen molar-refractivity contribution in [3.8, 4) is 0 Å². The lowest BCUT2D eigenvalue weighted by Gasteiger charge is -2.16. The zero-order valence-corrected chi connectivity index (χ0v) is 10.1. The van der Waals surface area contributed by atoms with Crippen LogP contribution in [-0.4, -0.2) is 41.5 Å². The summed E-state index contributed by atoms with van der Waals surface area (Å²) in [7, 11) is 1.70. The molecule has 1 atom stereocenters. The summed E-state index contributed by atoms with van der Waals surface area (Å²) in [5.41, 5.74) is 5.58. The van der Waals surface area contributed by atoms with Gasteiger partial charge < -0.3 is 15.7 Å². The summed E-state index contributed by atoms with van der Waals surface area (Å²) in [5, 5.41) is 8.45. The van der Waals surface area contributed by atoms with Crippen LogP contribution in [0.2, 0.25) is 0 Å². The fourth-order valence-corrected chi connectivity index (χ4v) is 1.36. The molecular formula is C11H22N2O3. The van der Waals surface area contributed by atoms with Crippen molar-refractivity contribution in [3.63, 3.8) is 0 Å². The van der Waals surface area contributed by atoms with E-state index in [0.717, 1.165) is 12.8 Å². The van der Waals surface area contributed by atoms with Crippen LogP contribution >= 0.6 is 0 Å². The fraction of sp³-hybridized carbons (Fsp3) is 0.818. The maximum Gasteiger partial charge on any atom is 0.303 e. The van der Waals surface area contributed by atoms with E-state index in [1.165, 1.54) is 0 Å². The van der Waals surface area contributed by atoms with Gasteiger partial charge in [-0.25, -0.2) is 0 Å². The minimum Gasteiger partial charge on any atom is -0.481 e. The minimum absolute atomic E-state index is 0.0611. The molecule has 0 spiro atoms. The molecule has 5 nitrogen and oxygen atoms in total. The van der Waals surface area contributed by atoms with Crippen LogP contribution in [0.15, 0.2) is 0 Å². The Balaban J connectivity index is 3.61. The van der Waals surface area contributed by atoms with Crippen LogP contribution in [0.1, 0.15) is 39.0 Å². The maximum absolute atomic E-state index is 11.5. The van der Waals surface area contributed by atoms with E-state index in [9.17, 15) is 9.59 Å². The third kappa shape index (κ3) is 8.23. The molecule has 0 aromatic rings. The second kappa shape index (κ2) is 8.10. The number of hydrogen-bond acceptors (Lipinski definition) is 3. The molecule has 16 heavy (non-hydrogen) atoms. The van der Waals surface area contributed by atoms with E-state index in [1.54, 1.807) is 11.9 Å². The van der Waals surface area contributed by atoms with Crippen molar-refractivity contribution in [2.45, 2.75) is 45.1 Å². The Morgan fingerprint density at radius 1 is 1.31 bits per heavy atom. The lowest BCUT2D eigenvalue weighted by Crippen LogP contribution is -2.28. The predicted molar refractivity (Wildman–Crippen MR) is 62.0 cm³/mol. The number of carbonyl (C=O) groups excluding carboxylic acids is 1. The predicted octanol–water partition coefficient (Wildman–Crippen LogP) is 0.827. The molecule has 0 saturated carbocycles. The molecule has 0 aromatic heterocycles. The van der Waals surface area contributed by atoms with Gasteiger partial charge >= 0.3 is 5.97 Å². The highest BCUT2D eigenvalue weighted by atomic mass is 16.4. The van der Waals surface area contributed by atoms with Gasteiger partial charge in [0.05, 0.1) is 0 Å². The number of carbonyl (C=O) groups is 2. The van der Waals surface area contributed by atoms with Gasteiger partial charge in [-0.15, -0.1) is 0 Å². The van der Waals surface area contributed by atoms with Crippen LogP contribution in [0.4, 0.5) is 0 Å². The minimum atomic E-state index is -0.821. The summed E-state index contributed by atoms with van der Waals surface area (Å²) in [6.07, 6.45) is 2.74. The molecule has 0 fully saturated rings. The van der Waals surface area contributed by atoms with Crippen molar-refractivity contribution in [1.29, 1.82) is 0 Å². The topological polar surface area (TPSA) is 83.6 Å². The van der Waals surface area contributed by atoms with Crippen LogP contribution in [-0.2, 0) is 9.59 Å². The number of hydrogen-bond donors (Lipinski definition) is 2. The highest BCUT2D eigenvalue weighted by Gasteiger charge is 2.09. The van der Waals surface area contributed by atoms with Crippen molar-refractivity contribution < 1.29 is 14.7 Å². The Morgan fingerprint density at radius 2 is 1.94 bits per heavy atom. The Hall–Kier alpha value is -1.10. The average molecular weight is 230 g/mol. The highest BCUT2D eigenvalue weighted by Crippen LogP contribution is 2.02. The van der Waals surface area contributed by atoms with Crippen LogP contribution < -0.4 is 5.73 Å². The van der Waals surface area contributed by atoms with Crippen molar-refractivity contribution in [2.75, 3.05) is 13.6 Å². The van der Waals surface area contributed by atoms with Crippen LogP contribution in [0.25, 0.3) is 0 Å². The number of carboxylic acid groups (broad SMARTS) is 1. The summed E-state index contributed by atoms with van der Waals surface area (Å²) in [5.74, 6) is -0.760. The van der Waals surface area contributed by atoms with Crippen molar-refractivity contribution in [1.82, 2.24) is 4.90 Å². The third-order valence-corrected chi connectivity index (χ3v) is 2.36. The van der Waals surface area contributed by atoms with Crippen LogP contribution in [0, 0.1) is 0 Å². The molecular weight excluding hydrogens is 208 g/mol. The molecule has 0 rings (SSSR count). The molecule has 0 heterocycles. The summed E-state index contributed by atoms with van der Waals surface area (Å²) < 4.78 is 0. The molecule has 0 radical (unpaired) electrons. The van der Waals surface area contributed by atoms with E-state index >= 15 is 0 Å². The van der Waals surface area contributed by atoms with Gasteiger partial charge in [-0.05, 0) is 26.2 Å².